The van der Waals surface area contributed by atoms with Crippen LogP contribution in [0.2, 0.25) is 10.0 Å². The quantitative estimate of drug-likeness (QED) is 0.495. The number of carbonyl (C=O) groups is 2. The summed E-state index contributed by atoms with van der Waals surface area (Å²) in [5, 5.41) is 3.22. The number of nitrogens with zero attached hydrogens (tertiary/aromatic N) is 2. The lowest BCUT2D eigenvalue weighted by Crippen LogP contribution is -2.52. The summed E-state index contributed by atoms with van der Waals surface area (Å²) in [5.41, 5.74) is 1.10. The minimum absolute atomic E-state index is 0.103. The Morgan fingerprint density at radius 2 is 1.76 bits per heavy atom. The molecule has 0 spiro atoms. The third kappa shape index (κ3) is 7.91. The molecule has 0 radical (unpaired) electrons. The van der Waals surface area contributed by atoms with E-state index in [1.54, 1.807) is 6.92 Å². The van der Waals surface area contributed by atoms with E-state index in [1.165, 1.54) is 23.1 Å². The van der Waals surface area contributed by atoms with Crippen LogP contribution < -0.4 is 9.62 Å². The molecule has 0 aromatic heterocycles. The molecule has 0 saturated carbocycles. The maximum absolute atomic E-state index is 13.4. The molecule has 0 aliphatic rings. The van der Waals surface area contributed by atoms with Crippen molar-refractivity contribution < 1.29 is 18.0 Å². The summed E-state index contributed by atoms with van der Waals surface area (Å²) in [4.78, 5) is 27.4. The highest BCUT2D eigenvalue weighted by Gasteiger charge is 2.30. The molecule has 0 aliphatic carbocycles. The van der Waals surface area contributed by atoms with Crippen LogP contribution in [0.4, 0.5) is 5.69 Å². The summed E-state index contributed by atoms with van der Waals surface area (Å²) in [6.45, 7) is 3.77. The molecular formula is C23H29Cl2N3O4S. The monoisotopic (exact) mass is 513 g/mol. The van der Waals surface area contributed by atoms with E-state index < -0.39 is 28.5 Å². The van der Waals surface area contributed by atoms with Crippen LogP contribution in [0.5, 0.6) is 0 Å². The molecule has 0 aliphatic heterocycles. The summed E-state index contributed by atoms with van der Waals surface area (Å²) in [7, 11) is -3.87. The Balaban J connectivity index is 2.33. The number of hydrogen-bond donors (Lipinski definition) is 1. The van der Waals surface area contributed by atoms with E-state index in [9.17, 15) is 18.0 Å². The SMILES string of the molecule is CCCNC(=O)[C@@H](C)N(CCc1ccccc1)C(=O)CN(c1cc(Cl)ccc1Cl)S(C)(=O)=O. The summed E-state index contributed by atoms with van der Waals surface area (Å²) in [5.74, 6) is -0.823. The number of rotatable bonds is 11. The molecular weight excluding hydrogens is 485 g/mol. The lowest BCUT2D eigenvalue weighted by Gasteiger charge is -2.31. The van der Waals surface area contributed by atoms with Gasteiger partial charge in [-0.2, -0.15) is 0 Å². The normalized spacial score (nSPS) is 12.2. The van der Waals surface area contributed by atoms with Crippen LogP contribution in [0, 0.1) is 0 Å². The summed E-state index contributed by atoms with van der Waals surface area (Å²) in [6.07, 6.45) is 2.25. The molecule has 2 amide bonds. The first-order chi connectivity index (χ1) is 15.5. The van der Waals surface area contributed by atoms with E-state index >= 15 is 0 Å². The number of halogens is 2. The maximum Gasteiger partial charge on any atom is 0.244 e. The predicted molar refractivity (Wildman–Crippen MR) is 133 cm³/mol. The van der Waals surface area contributed by atoms with E-state index in [0.717, 1.165) is 22.5 Å². The Bertz CT molecular complexity index is 1060. The van der Waals surface area contributed by atoms with Crippen LogP contribution in [0.3, 0.4) is 0 Å². The van der Waals surface area contributed by atoms with E-state index in [1.807, 2.05) is 37.3 Å². The van der Waals surface area contributed by atoms with Crippen LogP contribution in [-0.2, 0) is 26.0 Å². The minimum atomic E-state index is -3.87. The highest BCUT2D eigenvalue weighted by atomic mass is 35.5. The summed E-state index contributed by atoms with van der Waals surface area (Å²) in [6, 6.07) is 13.1. The molecule has 2 rings (SSSR count). The van der Waals surface area contributed by atoms with Crippen molar-refractivity contribution >= 4 is 50.7 Å². The molecule has 0 unspecified atom stereocenters. The Morgan fingerprint density at radius 1 is 1.09 bits per heavy atom. The van der Waals surface area contributed by atoms with Crippen molar-refractivity contribution in [1.82, 2.24) is 10.2 Å². The number of sulfonamides is 1. The molecule has 0 fully saturated rings. The zero-order valence-corrected chi connectivity index (χ0v) is 21.3. The fourth-order valence-electron chi connectivity index (χ4n) is 3.24. The van der Waals surface area contributed by atoms with Gasteiger partial charge >= 0.3 is 0 Å². The highest BCUT2D eigenvalue weighted by Crippen LogP contribution is 2.30. The number of carbonyl (C=O) groups excluding carboxylic acids is 2. The molecule has 0 bridgehead atoms. The van der Waals surface area contributed by atoms with Crippen molar-refractivity contribution in [3.8, 4) is 0 Å². The molecule has 1 N–H and O–H groups in total. The standard InChI is InChI=1S/C23H29Cl2N3O4S/c1-4-13-26-23(30)17(2)27(14-12-18-8-6-5-7-9-18)22(29)16-28(33(3,31)32)21-15-19(24)10-11-20(21)25/h5-11,15,17H,4,12-14,16H2,1-3H3,(H,26,30)/t17-/m1/s1. The Morgan fingerprint density at radius 3 is 2.36 bits per heavy atom. The highest BCUT2D eigenvalue weighted by molar-refractivity contribution is 7.92. The number of anilines is 1. The first-order valence-electron chi connectivity index (χ1n) is 10.6. The van der Waals surface area contributed by atoms with Crippen LogP contribution in [0.25, 0.3) is 0 Å². The average Bonchev–Trinajstić information content (AvgIpc) is 2.77. The average molecular weight is 514 g/mol. The summed E-state index contributed by atoms with van der Waals surface area (Å²) < 4.78 is 26.0. The molecule has 1 atom stereocenters. The van der Waals surface area contributed by atoms with Crippen LogP contribution in [0.1, 0.15) is 25.8 Å². The van der Waals surface area contributed by atoms with Gasteiger partial charge in [-0.25, -0.2) is 8.42 Å². The predicted octanol–water partition coefficient (Wildman–Crippen LogP) is 3.75. The first kappa shape index (κ1) is 27.0. The Hall–Kier alpha value is -2.29. The molecule has 0 saturated heterocycles. The van der Waals surface area contributed by atoms with Crippen LogP contribution in [0.15, 0.2) is 48.5 Å². The largest absolute Gasteiger partial charge is 0.354 e. The number of amides is 2. The van der Waals surface area contributed by atoms with Crippen LogP contribution in [-0.4, -0.2) is 57.1 Å². The van der Waals surface area contributed by atoms with Gasteiger partial charge in [0.2, 0.25) is 21.8 Å². The topological polar surface area (TPSA) is 86.8 Å². The fraction of sp³-hybridized carbons (Fsp3) is 0.391. The Labute approximate surface area is 205 Å². The lowest BCUT2D eigenvalue weighted by atomic mass is 10.1. The number of benzene rings is 2. The summed E-state index contributed by atoms with van der Waals surface area (Å²) >= 11 is 12.3. The van der Waals surface area contributed by atoms with E-state index in [4.69, 9.17) is 23.2 Å². The van der Waals surface area contributed by atoms with E-state index in [2.05, 4.69) is 5.32 Å². The molecule has 2 aromatic rings. The number of nitrogens with one attached hydrogen (secondary N) is 1. The van der Waals surface area contributed by atoms with Gasteiger partial charge in [-0.1, -0.05) is 60.5 Å². The van der Waals surface area contributed by atoms with Gasteiger partial charge in [-0.05, 0) is 43.5 Å². The molecule has 10 heteroatoms. The first-order valence-corrected chi connectivity index (χ1v) is 13.2. The zero-order valence-electron chi connectivity index (χ0n) is 18.9. The van der Waals surface area contributed by atoms with Crippen molar-refractivity contribution in [2.75, 3.05) is 30.2 Å². The smallest absolute Gasteiger partial charge is 0.244 e. The molecule has 180 valence electrons. The van der Waals surface area contributed by atoms with Gasteiger partial charge in [0.15, 0.2) is 0 Å². The van der Waals surface area contributed by atoms with Crippen molar-refractivity contribution in [2.24, 2.45) is 0 Å². The van der Waals surface area contributed by atoms with Gasteiger partial charge in [-0.3, -0.25) is 13.9 Å². The second kappa shape index (κ2) is 12.3. The molecule has 2 aromatic carbocycles. The number of hydrogen-bond acceptors (Lipinski definition) is 4. The molecule has 33 heavy (non-hydrogen) atoms. The Kier molecular flexibility index (Phi) is 10.0. The van der Waals surface area contributed by atoms with Gasteiger partial charge in [0.1, 0.15) is 12.6 Å². The van der Waals surface area contributed by atoms with Crippen molar-refractivity contribution in [2.45, 2.75) is 32.7 Å². The maximum atomic E-state index is 13.4. The molecule has 0 heterocycles. The van der Waals surface area contributed by atoms with E-state index in [-0.39, 0.29) is 28.2 Å². The zero-order chi connectivity index (χ0) is 24.6. The molecule has 7 nitrogen and oxygen atoms in total. The van der Waals surface area contributed by atoms with Crippen molar-refractivity contribution in [3.05, 3.63) is 64.1 Å². The van der Waals surface area contributed by atoms with Crippen molar-refractivity contribution in [3.63, 3.8) is 0 Å². The third-order valence-corrected chi connectivity index (χ3v) is 6.74. The van der Waals surface area contributed by atoms with Gasteiger partial charge < -0.3 is 10.2 Å². The van der Waals surface area contributed by atoms with Crippen molar-refractivity contribution in [1.29, 1.82) is 0 Å². The third-order valence-electron chi connectivity index (χ3n) is 5.06. The second-order valence-electron chi connectivity index (χ2n) is 7.66. The van der Waals surface area contributed by atoms with Gasteiger partial charge in [0.25, 0.3) is 0 Å². The minimum Gasteiger partial charge on any atom is -0.354 e. The van der Waals surface area contributed by atoms with Crippen LogP contribution >= 0.6 is 23.2 Å². The fourth-order valence-corrected chi connectivity index (χ4v) is 4.53. The van der Waals surface area contributed by atoms with Gasteiger partial charge in [0, 0.05) is 18.1 Å². The van der Waals surface area contributed by atoms with Gasteiger partial charge in [0.05, 0.1) is 17.0 Å². The van der Waals surface area contributed by atoms with E-state index in [0.29, 0.717) is 13.0 Å². The lowest BCUT2D eigenvalue weighted by molar-refractivity contribution is -0.138. The second-order valence-corrected chi connectivity index (χ2v) is 10.4. The van der Waals surface area contributed by atoms with Gasteiger partial charge in [-0.15, -0.1) is 0 Å².